The van der Waals surface area contributed by atoms with Crippen LogP contribution in [0.15, 0.2) is 57.9 Å². The molecule has 5 nitrogen and oxygen atoms in total. The average Bonchev–Trinajstić information content (AvgIpc) is 2.45. The fraction of sp³-hybridized carbons (Fsp3) is 0.133. The van der Waals surface area contributed by atoms with E-state index in [9.17, 15) is 13.2 Å². The van der Waals surface area contributed by atoms with Crippen LogP contribution in [0.25, 0.3) is 0 Å². The van der Waals surface area contributed by atoms with E-state index in [1.807, 2.05) is 6.07 Å². The zero-order valence-electron chi connectivity index (χ0n) is 11.8. The van der Waals surface area contributed by atoms with E-state index < -0.39 is 15.9 Å². The molecule has 2 aromatic carbocycles. The van der Waals surface area contributed by atoms with E-state index in [-0.39, 0.29) is 11.4 Å². The quantitative estimate of drug-likeness (QED) is 0.834. The molecule has 0 saturated heterocycles. The molecule has 0 radical (unpaired) electrons. The first-order chi connectivity index (χ1) is 10.4. The van der Waals surface area contributed by atoms with Crippen molar-refractivity contribution in [2.24, 2.45) is 0 Å². The molecule has 2 rings (SSSR count). The van der Waals surface area contributed by atoms with Gasteiger partial charge < -0.3 is 5.32 Å². The summed E-state index contributed by atoms with van der Waals surface area (Å²) >= 11 is 3.30. The maximum atomic E-state index is 12.1. The molecule has 0 heterocycles. The van der Waals surface area contributed by atoms with Crippen molar-refractivity contribution in [3.05, 3.63) is 58.6 Å². The van der Waals surface area contributed by atoms with Crippen LogP contribution >= 0.6 is 15.9 Å². The molecule has 7 heteroatoms. The van der Waals surface area contributed by atoms with Crippen molar-refractivity contribution in [3.63, 3.8) is 0 Å². The normalized spacial score (nSPS) is 11.2. The number of carbonyl (C=O) groups is 1. The van der Waals surface area contributed by atoms with E-state index in [1.165, 1.54) is 6.07 Å². The Morgan fingerprint density at radius 3 is 2.55 bits per heavy atom. The maximum Gasteiger partial charge on any atom is 0.241 e. The molecule has 1 amide bonds. The van der Waals surface area contributed by atoms with Crippen molar-refractivity contribution in [3.8, 4) is 0 Å². The molecule has 0 bridgehead atoms. The van der Waals surface area contributed by atoms with Gasteiger partial charge in [0.2, 0.25) is 15.9 Å². The standard InChI is InChI=1S/C15H15BrN2O3S/c1-11-4-2-7-14(8-11)22(20,21)17-10-15(19)18-13-6-3-5-12(16)9-13/h2-9,17H,10H2,1H3,(H,18,19). The predicted octanol–water partition coefficient (Wildman–Crippen LogP) is 2.67. The third kappa shape index (κ3) is 4.66. The molecule has 116 valence electrons. The first-order valence-corrected chi connectivity index (χ1v) is 8.76. The lowest BCUT2D eigenvalue weighted by atomic mass is 10.2. The average molecular weight is 383 g/mol. The second-order valence-electron chi connectivity index (χ2n) is 4.70. The number of sulfonamides is 1. The Balaban J connectivity index is 1.98. The summed E-state index contributed by atoms with van der Waals surface area (Å²) in [5.74, 6) is -0.436. The SMILES string of the molecule is Cc1cccc(S(=O)(=O)NCC(=O)Nc2cccc(Br)c2)c1. The number of rotatable bonds is 5. The predicted molar refractivity (Wildman–Crippen MR) is 89.1 cm³/mol. The lowest BCUT2D eigenvalue weighted by Gasteiger charge is -2.08. The number of halogens is 1. The number of hydrogen-bond acceptors (Lipinski definition) is 3. The Kier molecular flexibility index (Phi) is 5.33. The summed E-state index contributed by atoms with van der Waals surface area (Å²) in [6, 6.07) is 13.6. The van der Waals surface area contributed by atoms with Gasteiger partial charge in [-0.15, -0.1) is 0 Å². The fourth-order valence-corrected chi connectivity index (χ4v) is 3.28. The fourth-order valence-electron chi connectivity index (χ4n) is 1.80. The molecule has 2 N–H and O–H groups in total. The molecule has 0 unspecified atom stereocenters. The Morgan fingerprint density at radius 2 is 1.86 bits per heavy atom. The minimum Gasteiger partial charge on any atom is -0.325 e. The van der Waals surface area contributed by atoms with E-state index in [0.717, 1.165) is 10.0 Å². The van der Waals surface area contributed by atoms with Crippen molar-refractivity contribution in [1.82, 2.24) is 4.72 Å². The molecule has 0 atom stereocenters. The Morgan fingerprint density at radius 1 is 1.14 bits per heavy atom. The minimum absolute atomic E-state index is 0.141. The Bertz CT molecular complexity index is 791. The summed E-state index contributed by atoms with van der Waals surface area (Å²) in [5.41, 5.74) is 1.43. The number of nitrogens with one attached hydrogen (secondary N) is 2. The van der Waals surface area contributed by atoms with Crippen LogP contribution in [0, 0.1) is 6.92 Å². The van der Waals surface area contributed by atoms with Crippen molar-refractivity contribution < 1.29 is 13.2 Å². The van der Waals surface area contributed by atoms with Gasteiger partial charge in [0, 0.05) is 10.2 Å². The van der Waals surface area contributed by atoms with Gasteiger partial charge in [0.1, 0.15) is 0 Å². The molecular weight excluding hydrogens is 368 g/mol. The molecule has 22 heavy (non-hydrogen) atoms. The lowest BCUT2D eigenvalue weighted by Crippen LogP contribution is -2.32. The van der Waals surface area contributed by atoms with Gasteiger partial charge in [-0.3, -0.25) is 4.79 Å². The van der Waals surface area contributed by atoms with Gasteiger partial charge in [0.15, 0.2) is 0 Å². The van der Waals surface area contributed by atoms with Crippen molar-refractivity contribution in [2.75, 3.05) is 11.9 Å². The molecule has 0 fully saturated rings. The molecule has 0 spiro atoms. The highest BCUT2D eigenvalue weighted by atomic mass is 79.9. The van der Waals surface area contributed by atoms with Crippen LogP contribution in [-0.4, -0.2) is 20.9 Å². The summed E-state index contributed by atoms with van der Waals surface area (Å²) < 4.78 is 27.3. The van der Waals surface area contributed by atoms with Crippen molar-refractivity contribution in [2.45, 2.75) is 11.8 Å². The van der Waals surface area contributed by atoms with Gasteiger partial charge in [0.25, 0.3) is 0 Å². The highest BCUT2D eigenvalue weighted by Crippen LogP contribution is 2.15. The van der Waals surface area contributed by atoms with Crippen LogP contribution in [0.2, 0.25) is 0 Å². The minimum atomic E-state index is -3.70. The smallest absolute Gasteiger partial charge is 0.241 e. The van der Waals surface area contributed by atoms with Gasteiger partial charge in [-0.25, -0.2) is 13.1 Å². The summed E-state index contributed by atoms with van der Waals surface area (Å²) in [4.78, 5) is 12.0. The largest absolute Gasteiger partial charge is 0.325 e. The molecule has 0 aliphatic carbocycles. The number of aryl methyl sites for hydroxylation is 1. The monoisotopic (exact) mass is 382 g/mol. The van der Waals surface area contributed by atoms with Gasteiger partial charge in [-0.1, -0.05) is 34.1 Å². The molecular formula is C15H15BrN2O3S. The Labute approximate surface area is 137 Å². The highest BCUT2D eigenvalue weighted by Gasteiger charge is 2.15. The first-order valence-electron chi connectivity index (χ1n) is 6.48. The lowest BCUT2D eigenvalue weighted by molar-refractivity contribution is -0.115. The molecule has 0 aliphatic rings. The van der Waals surface area contributed by atoms with Crippen LogP contribution in [0.3, 0.4) is 0 Å². The van der Waals surface area contributed by atoms with E-state index in [4.69, 9.17) is 0 Å². The molecule has 0 saturated carbocycles. The van der Waals surface area contributed by atoms with Crippen molar-refractivity contribution in [1.29, 1.82) is 0 Å². The van der Waals surface area contributed by atoms with Crippen LogP contribution in [-0.2, 0) is 14.8 Å². The zero-order valence-corrected chi connectivity index (χ0v) is 14.2. The summed E-state index contributed by atoms with van der Waals surface area (Å²) in [6.07, 6.45) is 0. The van der Waals surface area contributed by atoms with E-state index in [0.29, 0.717) is 5.69 Å². The molecule has 2 aromatic rings. The maximum absolute atomic E-state index is 12.1. The number of amides is 1. The van der Waals surface area contributed by atoms with Gasteiger partial charge in [-0.05, 0) is 42.8 Å². The summed E-state index contributed by atoms with van der Waals surface area (Å²) in [5, 5.41) is 2.62. The van der Waals surface area contributed by atoms with Gasteiger partial charge in [0.05, 0.1) is 11.4 Å². The van der Waals surface area contributed by atoms with Crippen LogP contribution < -0.4 is 10.0 Å². The first kappa shape index (κ1) is 16.7. The van der Waals surface area contributed by atoms with E-state index in [2.05, 4.69) is 26.0 Å². The number of carbonyl (C=O) groups excluding carboxylic acids is 1. The van der Waals surface area contributed by atoms with E-state index in [1.54, 1.807) is 43.3 Å². The summed E-state index contributed by atoms with van der Waals surface area (Å²) in [6.45, 7) is 1.47. The second kappa shape index (κ2) is 7.04. The van der Waals surface area contributed by atoms with Crippen LogP contribution in [0.5, 0.6) is 0 Å². The third-order valence-electron chi connectivity index (χ3n) is 2.83. The molecule has 0 aliphatic heterocycles. The van der Waals surface area contributed by atoms with Crippen LogP contribution in [0.1, 0.15) is 5.56 Å². The Hall–Kier alpha value is -1.70. The van der Waals surface area contributed by atoms with Gasteiger partial charge in [-0.2, -0.15) is 0 Å². The van der Waals surface area contributed by atoms with Crippen LogP contribution in [0.4, 0.5) is 5.69 Å². The van der Waals surface area contributed by atoms with Crippen molar-refractivity contribution >= 4 is 37.5 Å². The van der Waals surface area contributed by atoms with E-state index >= 15 is 0 Å². The topological polar surface area (TPSA) is 75.3 Å². The number of benzene rings is 2. The summed E-state index contributed by atoms with van der Waals surface area (Å²) in [7, 11) is -3.70. The number of hydrogen-bond donors (Lipinski definition) is 2. The second-order valence-corrected chi connectivity index (χ2v) is 7.38. The highest BCUT2D eigenvalue weighted by molar-refractivity contribution is 9.10. The van der Waals surface area contributed by atoms with Gasteiger partial charge >= 0.3 is 0 Å². The number of anilines is 1. The third-order valence-corrected chi connectivity index (χ3v) is 4.72. The zero-order chi connectivity index (χ0) is 16.2. The molecule has 0 aromatic heterocycles.